The second-order valence-corrected chi connectivity index (χ2v) is 16.7. The van der Waals surface area contributed by atoms with Gasteiger partial charge in [-0.25, -0.2) is 14.4 Å². The topological polar surface area (TPSA) is 121 Å². The normalized spacial score (nSPS) is 12.0. The largest absolute Gasteiger partial charge is 0.480 e. The van der Waals surface area contributed by atoms with Crippen molar-refractivity contribution in [3.8, 4) is 34.3 Å². The Kier molecular flexibility index (Phi) is 8.77. The number of methoxy groups -OCH3 is 1. The van der Waals surface area contributed by atoms with Crippen molar-refractivity contribution in [2.75, 3.05) is 18.2 Å². The fourth-order valence-electron chi connectivity index (χ4n) is 3.80. The van der Waals surface area contributed by atoms with Gasteiger partial charge in [0.2, 0.25) is 5.88 Å². The highest BCUT2D eigenvalue weighted by Crippen LogP contribution is 2.40. The van der Waals surface area contributed by atoms with Gasteiger partial charge in [0.1, 0.15) is 25.1 Å². The monoisotopic (exact) mass is 645 g/mol. The Morgan fingerprint density at radius 2 is 1.75 bits per heavy atom. The van der Waals surface area contributed by atoms with Crippen molar-refractivity contribution < 1.29 is 27.1 Å². The number of pyridine rings is 2. The molecule has 0 aliphatic heterocycles. The summed E-state index contributed by atoms with van der Waals surface area (Å²) in [4.78, 5) is 21.7. The summed E-state index contributed by atoms with van der Waals surface area (Å²) in [5.41, 5.74) is 8.27. The number of ether oxygens (including phenoxy) is 1. The molecule has 4 rings (SSSR count). The van der Waals surface area contributed by atoms with Crippen LogP contribution in [0.3, 0.4) is 0 Å². The summed E-state index contributed by atoms with van der Waals surface area (Å²) in [5, 5.41) is 9.40. The Balaban J connectivity index is 1.74. The highest BCUT2D eigenvalue weighted by atomic mass is 35.5. The van der Waals surface area contributed by atoms with Crippen LogP contribution in [-0.4, -0.2) is 46.1 Å². The highest BCUT2D eigenvalue weighted by Gasteiger charge is 2.36. The van der Waals surface area contributed by atoms with Crippen LogP contribution in [0.2, 0.25) is 23.2 Å². The van der Waals surface area contributed by atoms with E-state index in [0.717, 1.165) is 12.3 Å². The third-order valence-corrected chi connectivity index (χ3v) is 12.1. The number of hydrogen-bond donors (Lipinski definition) is 2. The van der Waals surface area contributed by atoms with Gasteiger partial charge in [-0.15, -0.1) is 10.3 Å². The Bertz CT molecular complexity index is 1790. The van der Waals surface area contributed by atoms with E-state index in [-0.39, 0.29) is 44.0 Å². The van der Waals surface area contributed by atoms with Gasteiger partial charge < -0.3 is 15.8 Å². The van der Waals surface area contributed by atoms with Gasteiger partial charge in [-0.1, -0.05) is 51.4 Å². The Hall–Kier alpha value is -4.48. The molecule has 230 valence electrons. The molecule has 4 aromatic rings. The van der Waals surface area contributed by atoms with Crippen molar-refractivity contribution in [3.05, 3.63) is 70.5 Å². The Morgan fingerprint density at radius 3 is 2.34 bits per heavy atom. The van der Waals surface area contributed by atoms with Crippen LogP contribution in [0, 0.1) is 17.3 Å². The van der Waals surface area contributed by atoms with E-state index >= 15 is 4.39 Å². The minimum absolute atomic E-state index is 0.0132. The van der Waals surface area contributed by atoms with Gasteiger partial charge >= 0.3 is 6.18 Å². The average molecular weight is 646 g/mol. The molecular formula is C29H28ClF4N7O2Si. The second kappa shape index (κ2) is 11.9. The second-order valence-electron chi connectivity index (χ2n) is 11.3. The van der Waals surface area contributed by atoms with E-state index in [9.17, 15) is 18.0 Å². The smallest absolute Gasteiger partial charge is 0.420 e. The molecule has 3 heterocycles. The number of hydrogen-bond acceptors (Lipinski definition) is 7. The van der Waals surface area contributed by atoms with Crippen LogP contribution in [0.25, 0.3) is 16.9 Å². The molecule has 0 saturated carbocycles. The van der Waals surface area contributed by atoms with Crippen molar-refractivity contribution in [3.63, 3.8) is 0 Å². The SMILES string of the molecule is COc1ncc(C#C[Si](C)(C)C(C)(C)C)c(-c2cc(Cl)c(C(=O)Nc3cnc(-n4nccn4)c(C(F)(F)F)c3)cc2F)c1N. The first-order chi connectivity index (χ1) is 20.4. The van der Waals surface area contributed by atoms with E-state index in [4.69, 9.17) is 22.1 Å². The number of aromatic nitrogens is 5. The molecule has 44 heavy (non-hydrogen) atoms. The lowest BCUT2D eigenvalue weighted by atomic mass is 9.98. The van der Waals surface area contributed by atoms with Gasteiger partial charge in [-0.05, 0) is 23.2 Å². The minimum Gasteiger partial charge on any atom is -0.480 e. The van der Waals surface area contributed by atoms with Gasteiger partial charge in [-0.3, -0.25) is 4.79 Å². The van der Waals surface area contributed by atoms with E-state index in [1.807, 2.05) is 0 Å². The van der Waals surface area contributed by atoms with Crippen LogP contribution in [-0.2, 0) is 6.18 Å². The summed E-state index contributed by atoms with van der Waals surface area (Å²) in [6.45, 7) is 10.5. The molecule has 9 nitrogen and oxygen atoms in total. The maximum atomic E-state index is 15.7. The molecular weight excluding hydrogens is 618 g/mol. The molecule has 0 aliphatic rings. The molecule has 1 aromatic carbocycles. The summed E-state index contributed by atoms with van der Waals surface area (Å²) in [7, 11) is -0.731. The number of alkyl halides is 3. The quantitative estimate of drug-likeness (QED) is 0.139. The number of halogens is 5. The van der Waals surface area contributed by atoms with Crippen LogP contribution >= 0.6 is 11.6 Å². The number of carbonyl (C=O) groups is 1. The summed E-state index contributed by atoms with van der Waals surface area (Å²) in [6, 6.07) is 2.73. The number of nitrogens with zero attached hydrogens (tertiary/aromatic N) is 5. The third-order valence-electron chi connectivity index (χ3n) is 7.27. The molecule has 3 aromatic heterocycles. The maximum Gasteiger partial charge on any atom is 0.420 e. The Labute approximate surface area is 256 Å². The number of amides is 1. The van der Waals surface area contributed by atoms with Crippen molar-refractivity contribution in [2.45, 2.75) is 45.1 Å². The summed E-state index contributed by atoms with van der Waals surface area (Å²) >= 11 is 6.44. The Morgan fingerprint density at radius 1 is 1.09 bits per heavy atom. The standard InChI is InChI=1S/C29H28ClF4N7O2Si/c1-28(2,3)44(5,6)10-7-16-14-37-27(43-4)24(35)23(16)19-12-21(30)18(13-22(19)31)26(42)40-17-11-20(29(32,33)34)25(36-15-17)41-38-8-9-39-41/h8-9,11-15H,35H2,1-6H3,(H,40,42). The first-order valence-electron chi connectivity index (χ1n) is 13.0. The zero-order valence-electron chi connectivity index (χ0n) is 24.6. The first-order valence-corrected chi connectivity index (χ1v) is 16.4. The zero-order chi connectivity index (χ0) is 32.6. The lowest BCUT2D eigenvalue weighted by molar-refractivity contribution is -0.137. The van der Waals surface area contributed by atoms with Crippen LogP contribution in [0.1, 0.15) is 42.3 Å². The van der Waals surface area contributed by atoms with Gasteiger partial charge in [0.05, 0.1) is 47.5 Å². The minimum atomic E-state index is -4.85. The van der Waals surface area contributed by atoms with Gasteiger partial charge in [0.15, 0.2) is 5.82 Å². The molecule has 1 amide bonds. The van der Waals surface area contributed by atoms with Crippen molar-refractivity contribution >= 4 is 37.0 Å². The average Bonchev–Trinajstić information content (AvgIpc) is 3.47. The highest BCUT2D eigenvalue weighted by molar-refractivity contribution is 6.87. The van der Waals surface area contributed by atoms with Crippen molar-refractivity contribution in [2.24, 2.45) is 0 Å². The lowest BCUT2D eigenvalue weighted by Gasteiger charge is -2.31. The molecule has 3 N–H and O–H groups in total. The van der Waals surface area contributed by atoms with Crippen molar-refractivity contribution in [1.82, 2.24) is 25.0 Å². The predicted octanol–water partition coefficient (Wildman–Crippen LogP) is 6.78. The van der Waals surface area contributed by atoms with E-state index in [0.29, 0.717) is 16.4 Å². The number of nitrogen functional groups attached to an aromatic ring is 1. The summed E-state index contributed by atoms with van der Waals surface area (Å²) in [6.07, 6.45) is -0.0541. The van der Waals surface area contributed by atoms with Crippen molar-refractivity contribution in [1.29, 1.82) is 0 Å². The molecule has 15 heteroatoms. The molecule has 0 bridgehead atoms. The van der Waals surface area contributed by atoms with Crippen LogP contribution < -0.4 is 15.8 Å². The molecule has 0 unspecified atom stereocenters. The fraction of sp³-hybridized carbons (Fsp3) is 0.276. The van der Waals surface area contributed by atoms with Gasteiger partial charge in [0.25, 0.3) is 5.91 Å². The van der Waals surface area contributed by atoms with E-state index in [1.54, 1.807) is 0 Å². The number of nitrogens with one attached hydrogen (secondary N) is 1. The number of benzene rings is 1. The first kappa shape index (κ1) is 32.4. The number of nitrogens with two attached hydrogens (primary N) is 1. The molecule has 0 atom stereocenters. The van der Waals surface area contributed by atoms with Crippen LogP contribution in [0.15, 0.2) is 43.0 Å². The van der Waals surface area contributed by atoms with Crippen LogP contribution in [0.4, 0.5) is 28.9 Å². The molecule has 0 aliphatic carbocycles. The fourth-order valence-corrected chi connectivity index (χ4v) is 4.87. The number of rotatable bonds is 5. The molecule has 0 radical (unpaired) electrons. The third kappa shape index (κ3) is 6.53. The molecule has 0 saturated heterocycles. The van der Waals surface area contributed by atoms with E-state index in [1.165, 1.54) is 31.8 Å². The molecule has 0 fully saturated rings. The van der Waals surface area contributed by atoms with E-state index < -0.39 is 37.4 Å². The summed E-state index contributed by atoms with van der Waals surface area (Å²) < 4.78 is 62.3. The predicted molar refractivity (Wildman–Crippen MR) is 162 cm³/mol. The lowest BCUT2D eigenvalue weighted by Crippen LogP contribution is -2.35. The van der Waals surface area contributed by atoms with Crippen LogP contribution in [0.5, 0.6) is 5.88 Å². The van der Waals surface area contributed by atoms with Gasteiger partial charge in [-0.2, -0.15) is 23.4 Å². The van der Waals surface area contributed by atoms with Gasteiger partial charge in [0, 0.05) is 17.3 Å². The zero-order valence-corrected chi connectivity index (χ0v) is 26.3. The van der Waals surface area contributed by atoms with E-state index in [2.05, 4.69) is 70.8 Å². The summed E-state index contributed by atoms with van der Waals surface area (Å²) in [5.74, 6) is 0.704. The number of anilines is 2. The number of carbonyl (C=O) groups excluding carboxylic acids is 1. The molecule has 0 spiro atoms. The maximum absolute atomic E-state index is 15.7.